The maximum absolute atomic E-state index is 12.9. The van der Waals surface area contributed by atoms with Crippen LogP contribution in [0.25, 0.3) is 0 Å². The summed E-state index contributed by atoms with van der Waals surface area (Å²) in [6, 6.07) is 8.46. The van der Waals surface area contributed by atoms with Crippen molar-refractivity contribution < 1.29 is 22.7 Å². The Kier molecular flexibility index (Phi) is 5.85. The first-order valence-electron chi connectivity index (χ1n) is 8.95. The van der Waals surface area contributed by atoms with Gasteiger partial charge in [0.05, 0.1) is 4.90 Å². The number of rotatable bonds is 5. The van der Waals surface area contributed by atoms with E-state index in [0.717, 1.165) is 5.56 Å². The molecule has 0 saturated carbocycles. The van der Waals surface area contributed by atoms with E-state index >= 15 is 0 Å². The standard InChI is InChI=1S/C19H23N3O5S/c1-14-5-6-17(15(2)12-14)28(25,26)22-10-8-21(9-11-22)18(23)13-27-19(24)16-4-3-7-20-16/h3-7,12,20H,8-11,13H2,1-2H3. The summed E-state index contributed by atoms with van der Waals surface area (Å²) in [7, 11) is -3.61. The highest BCUT2D eigenvalue weighted by Crippen LogP contribution is 2.22. The van der Waals surface area contributed by atoms with Crippen LogP contribution < -0.4 is 0 Å². The quantitative estimate of drug-likeness (QED) is 0.757. The molecule has 0 atom stereocenters. The van der Waals surface area contributed by atoms with Crippen molar-refractivity contribution in [1.82, 2.24) is 14.2 Å². The first kappa shape index (κ1) is 20.1. The number of carbonyl (C=O) groups excluding carboxylic acids is 2. The van der Waals surface area contributed by atoms with E-state index in [0.29, 0.717) is 5.56 Å². The summed E-state index contributed by atoms with van der Waals surface area (Å²) in [5, 5.41) is 0. The van der Waals surface area contributed by atoms with Crippen LogP contribution in [-0.2, 0) is 19.6 Å². The van der Waals surface area contributed by atoms with Gasteiger partial charge in [-0.15, -0.1) is 0 Å². The molecule has 150 valence electrons. The Morgan fingerprint density at radius 1 is 1.11 bits per heavy atom. The zero-order chi connectivity index (χ0) is 20.3. The summed E-state index contributed by atoms with van der Waals surface area (Å²) in [5.41, 5.74) is 1.98. The second kappa shape index (κ2) is 8.15. The molecule has 0 bridgehead atoms. The average Bonchev–Trinajstić information content (AvgIpc) is 3.20. The van der Waals surface area contributed by atoms with Crippen LogP contribution in [0.3, 0.4) is 0 Å². The summed E-state index contributed by atoms with van der Waals surface area (Å²) in [5.74, 6) is -0.946. The zero-order valence-electron chi connectivity index (χ0n) is 15.8. The van der Waals surface area contributed by atoms with Crippen molar-refractivity contribution in [3.63, 3.8) is 0 Å². The Morgan fingerprint density at radius 3 is 2.43 bits per heavy atom. The number of nitrogens with one attached hydrogen (secondary N) is 1. The number of aromatic amines is 1. The highest BCUT2D eigenvalue weighted by atomic mass is 32.2. The fourth-order valence-electron chi connectivity index (χ4n) is 3.16. The van der Waals surface area contributed by atoms with E-state index in [2.05, 4.69) is 4.98 Å². The van der Waals surface area contributed by atoms with Crippen molar-refractivity contribution in [3.05, 3.63) is 53.3 Å². The molecule has 3 rings (SSSR count). The first-order chi connectivity index (χ1) is 13.3. The predicted molar refractivity (Wildman–Crippen MR) is 102 cm³/mol. The third-order valence-corrected chi connectivity index (χ3v) is 6.74. The number of carbonyl (C=O) groups is 2. The number of piperazine rings is 1. The van der Waals surface area contributed by atoms with E-state index in [1.165, 1.54) is 9.21 Å². The maximum atomic E-state index is 12.9. The summed E-state index contributed by atoms with van der Waals surface area (Å²) in [4.78, 5) is 28.6. The molecule has 1 aliphatic rings. The molecule has 2 aromatic rings. The molecule has 1 aromatic carbocycles. The molecule has 1 amide bonds. The van der Waals surface area contributed by atoms with Crippen molar-refractivity contribution in [2.45, 2.75) is 18.7 Å². The maximum Gasteiger partial charge on any atom is 0.355 e. The van der Waals surface area contributed by atoms with Gasteiger partial charge in [0.25, 0.3) is 5.91 Å². The Labute approximate surface area is 164 Å². The Bertz CT molecular complexity index is 961. The Hall–Kier alpha value is -2.65. The van der Waals surface area contributed by atoms with Crippen molar-refractivity contribution >= 4 is 21.9 Å². The van der Waals surface area contributed by atoms with Crippen LogP contribution in [0.1, 0.15) is 21.6 Å². The molecule has 1 fully saturated rings. The molecular weight excluding hydrogens is 382 g/mol. The molecule has 0 radical (unpaired) electrons. The van der Waals surface area contributed by atoms with Crippen molar-refractivity contribution in [2.75, 3.05) is 32.8 Å². The lowest BCUT2D eigenvalue weighted by Crippen LogP contribution is -2.51. The van der Waals surface area contributed by atoms with Crippen LogP contribution >= 0.6 is 0 Å². The Balaban J connectivity index is 1.56. The molecular formula is C19H23N3O5S. The molecule has 1 aromatic heterocycles. The number of sulfonamides is 1. The lowest BCUT2D eigenvalue weighted by atomic mass is 10.2. The van der Waals surface area contributed by atoms with E-state index in [-0.39, 0.29) is 49.3 Å². The number of benzene rings is 1. The summed E-state index contributed by atoms with van der Waals surface area (Å²) in [6.45, 7) is 4.22. The van der Waals surface area contributed by atoms with Crippen LogP contribution in [0.2, 0.25) is 0 Å². The molecule has 0 aliphatic carbocycles. The number of aryl methyl sites for hydroxylation is 2. The van der Waals surface area contributed by atoms with Gasteiger partial charge in [0.15, 0.2) is 6.61 Å². The number of amides is 1. The van der Waals surface area contributed by atoms with E-state index in [9.17, 15) is 18.0 Å². The van der Waals surface area contributed by atoms with Gasteiger partial charge >= 0.3 is 5.97 Å². The average molecular weight is 405 g/mol. The molecule has 1 saturated heterocycles. The minimum absolute atomic E-state index is 0.200. The van der Waals surface area contributed by atoms with Gasteiger partial charge in [-0.2, -0.15) is 4.31 Å². The van der Waals surface area contributed by atoms with Crippen LogP contribution in [0.5, 0.6) is 0 Å². The van der Waals surface area contributed by atoms with Gasteiger partial charge in [-0.3, -0.25) is 4.79 Å². The second-order valence-corrected chi connectivity index (χ2v) is 8.62. The minimum Gasteiger partial charge on any atom is -0.451 e. The van der Waals surface area contributed by atoms with E-state index in [4.69, 9.17) is 4.74 Å². The van der Waals surface area contributed by atoms with Gasteiger partial charge < -0.3 is 14.6 Å². The lowest BCUT2D eigenvalue weighted by Gasteiger charge is -2.34. The highest BCUT2D eigenvalue weighted by Gasteiger charge is 2.31. The van der Waals surface area contributed by atoms with E-state index in [1.807, 2.05) is 13.0 Å². The van der Waals surface area contributed by atoms with Crippen LogP contribution in [0, 0.1) is 13.8 Å². The topological polar surface area (TPSA) is 99.8 Å². The zero-order valence-corrected chi connectivity index (χ0v) is 16.7. The number of esters is 1. The normalized spacial score (nSPS) is 15.4. The van der Waals surface area contributed by atoms with Crippen molar-refractivity contribution in [2.24, 2.45) is 0 Å². The second-order valence-electron chi connectivity index (χ2n) is 6.71. The van der Waals surface area contributed by atoms with Crippen molar-refractivity contribution in [3.8, 4) is 0 Å². The smallest absolute Gasteiger partial charge is 0.355 e. The van der Waals surface area contributed by atoms with E-state index < -0.39 is 16.0 Å². The van der Waals surface area contributed by atoms with Crippen LogP contribution in [0.15, 0.2) is 41.4 Å². The third kappa shape index (κ3) is 4.26. The molecule has 0 spiro atoms. The molecule has 1 aliphatic heterocycles. The van der Waals surface area contributed by atoms with Crippen molar-refractivity contribution in [1.29, 1.82) is 0 Å². The molecule has 8 nitrogen and oxygen atoms in total. The fourth-order valence-corrected chi connectivity index (χ4v) is 4.79. The predicted octanol–water partition coefficient (Wildman–Crippen LogP) is 1.32. The molecule has 1 N–H and O–H groups in total. The number of H-pyrrole nitrogens is 1. The number of hydrogen-bond donors (Lipinski definition) is 1. The van der Waals surface area contributed by atoms with Gasteiger partial charge in [0, 0.05) is 32.4 Å². The molecule has 28 heavy (non-hydrogen) atoms. The fraction of sp³-hybridized carbons (Fsp3) is 0.368. The highest BCUT2D eigenvalue weighted by molar-refractivity contribution is 7.89. The van der Waals surface area contributed by atoms with Crippen LogP contribution in [-0.4, -0.2) is 67.3 Å². The minimum atomic E-state index is -3.61. The van der Waals surface area contributed by atoms with Gasteiger partial charge in [0.1, 0.15) is 5.69 Å². The van der Waals surface area contributed by atoms with E-state index in [1.54, 1.807) is 37.4 Å². The number of nitrogens with zero attached hydrogens (tertiary/aromatic N) is 2. The Morgan fingerprint density at radius 2 is 1.82 bits per heavy atom. The molecule has 2 heterocycles. The largest absolute Gasteiger partial charge is 0.451 e. The number of aromatic nitrogens is 1. The number of hydrogen-bond acceptors (Lipinski definition) is 5. The molecule has 0 unspecified atom stereocenters. The third-order valence-electron chi connectivity index (χ3n) is 4.68. The van der Waals surface area contributed by atoms with Gasteiger partial charge in [-0.1, -0.05) is 17.7 Å². The summed E-state index contributed by atoms with van der Waals surface area (Å²) in [6.07, 6.45) is 1.59. The monoisotopic (exact) mass is 405 g/mol. The number of ether oxygens (including phenoxy) is 1. The SMILES string of the molecule is Cc1ccc(S(=O)(=O)N2CCN(C(=O)COC(=O)c3ccc[nH]3)CC2)c(C)c1. The lowest BCUT2D eigenvalue weighted by molar-refractivity contribution is -0.135. The first-order valence-corrected chi connectivity index (χ1v) is 10.4. The van der Waals surface area contributed by atoms with Gasteiger partial charge in [0.2, 0.25) is 10.0 Å². The van der Waals surface area contributed by atoms with Crippen LogP contribution in [0.4, 0.5) is 0 Å². The van der Waals surface area contributed by atoms with Gasteiger partial charge in [-0.05, 0) is 37.6 Å². The summed E-state index contributed by atoms with van der Waals surface area (Å²) < 4.78 is 32.2. The molecule has 9 heteroatoms. The summed E-state index contributed by atoms with van der Waals surface area (Å²) >= 11 is 0. The van der Waals surface area contributed by atoms with Gasteiger partial charge in [-0.25, -0.2) is 13.2 Å².